The van der Waals surface area contributed by atoms with Crippen molar-refractivity contribution in [3.63, 3.8) is 0 Å². The summed E-state index contributed by atoms with van der Waals surface area (Å²) in [5.41, 5.74) is 1.89. The largest absolute Gasteiger partial charge is 0.489 e. The lowest BCUT2D eigenvalue weighted by Crippen LogP contribution is -2.13. The molecule has 26 heavy (non-hydrogen) atoms. The lowest BCUT2D eigenvalue weighted by molar-refractivity contribution is 0.212. The number of hydrogen-bond donors (Lipinski definition) is 0. The Kier molecular flexibility index (Phi) is 7.98. The van der Waals surface area contributed by atoms with Crippen LogP contribution < -0.4 is 4.74 Å². The number of nitroso groups, excluding NO2 is 1. The molecule has 7 heteroatoms. The first-order valence-corrected chi connectivity index (χ1v) is 10.2. The van der Waals surface area contributed by atoms with Gasteiger partial charge in [0.25, 0.3) is 0 Å². The summed E-state index contributed by atoms with van der Waals surface area (Å²) in [5, 5.41) is 3.00. The zero-order chi connectivity index (χ0) is 18.8. The minimum atomic E-state index is -3.57. The third kappa shape index (κ3) is 5.77. The molecule has 2 aromatic carbocycles. The summed E-state index contributed by atoms with van der Waals surface area (Å²) in [4.78, 5) is 11.2. The molecule has 0 aliphatic carbocycles. The Bertz CT molecular complexity index is 710. The first kappa shape index (κ1) is 20.3. The van der Waals surface area contributed by atoms with E-state index in [1.807, 2.05) is 54.6 Å². The van der Waals surface area contributed by atoms with E-state index in [1.54, 1.807) is 13.8 Å². The quantitative estimate of drug-likeness (QED) is 0.399. The van der Waals surface area contributed by atoms with Crippen LogP contribution in [0.3, 0.4) is 0 Å². The van der Waals surface area contributed by atoms with Gasteiger partial charge in [0.15, 0.2) is 5.78 Å². The molecule has 1 atom stereocenters. The van der Waals surface area contributed by atoms with Gasteiger partial charge in [-0.15, -0.1) is 4.91 Å². The highest BCUT2D eigenvalue weighted by atomic mass is 31.2. The predicted molar refractivity (Wildman–Crippen MR) is 101 cm³/mol. The lowest BCUT2D eigenvalue weighted by atomic mass is 10.1. The molecule has 0 heterocycles. The van der Waals surface area contributed by atoms with Crippen LogP contribution >= 0.6 is 7.60 Å². The van der Waals surface area contributed by atoms with Crippen molar-refractivity contribution in [2.75, 3.05) is 13.2 Å². The molecule has 0 radical (unpaired) electrons. The van der Waals surface area contributed by atoms with Crippen molar-refractivity contribution in [3.8, 4) is 5.75 Å². The maximum atomic E-state index is 12.7. The number of hydrogen-bond acceptors (Lipinski definition) is 6. The zero-order valence-electron chi connectivity index (χ0n) is 15.0. The van der Waals surface area contributed by atoms with Gasteiger partial charge in [-0.3, -0.25) is 4.57 Å². The molecule has 2 aromatic rings. The van der Waals surface area contributed by atoms with Crippen molar-refractivity contribution in [2.45, 2.75) is 32.7 Å². The second-order valence-electron chi connectivity index (χ2n) is 5.58. The third-order valence-corrected chi connectivity index (χ3v) is 5.94. The number of rotatable bonds is 11. The van der Waals surface area contributed by atoms with Crippen LogP contribution in [0, 0.1) is 4.91 Å². The highest BCUT2D eigenvalue weighted by Gasteiger charge is 2.37. The minimum absolute atomic E-state index is 0.180. The molecule has 0 N–H and O–H groups in total. The predicted octanol–water partition coefficient (Wildman–Crippen LogP) is 5.17. The topological polar surface area (TPSA) is 74.2 Å². The van der Waals surface area contributed by atoms with E-state index in [-0.39, 0.29) is 19.6 Å². The van der Waals surface area contributed by atoms with Gasteiger partial charge < -0.3 is 13.8 Å². The van der Waals surface area contributed by atoms with Crippen LogP contribution in [0.2, 0.25) is 0 Å². The second-order valence-corrected chi connectivity index (χ2v) is 7.78. The van der Waals surface area contributed by atoms with Crippen LogP contribution in [-0.4, -0.2) is 19.0 Å². The van der Waals surface area contributed by atoms with Crippen LogP contribution in [-0.2, 0) is 26.6 Å². The molecule has 2 rings (SSSR count). The van der Waals surface area contributed by atoms with E-state index in [9.17, 15) is 9.47 Å². The molecule has 1 unspecified atom stereocenters. The van der Waals surface area contributed by atoms with E-state index >= 15 is 0 Å². The average Bonchev–Trinajstić information content (AvgIpc) is 2.66. The summed E-state index contributed by atoms with van der Waals surface area (Å²) in [6.07, 6.45) is 0.180. The summed E-state index contributed by atoms with van der Waals surface area (Å²) < 4.78 is 28.9. The van der Waals surface area contributed by atoms with Gasteiger partial charge in [0, 0.05) is 6.42 Å². The fourth-order valence-corrected chi connectivity index (χ4v) is 4.14. The van der Waals surface area contributed by atoms with E-state index in [0.717, 1.165) is 11.1 Å². The maximum Gasteiger partial charge on any atom is 0.358 e. The summed E-state index contributed by atoms with van der Waals surface area (Å²) in [6.45, 7) is 4.26. The molecule has 0 amide bonds. The summed E-state index contributed by atoms with van der Waals surface area (Å²) >= 11 is 0. The molecule has 140 valence electrons. The van der Waals surface area contributed by atoms with Crippen molar-refractivity contribution >= 4 is 7.60 Å². The molecule has 0 bridgehead atoms. The third-order valence-electron chi connectivity index (χ3n) is 3.69. The monoisotopic (exact) mass is 377 g/mol. The molecule has 0 aromatic heterocycles. The van der Waals surface area contributed by atoms with Gasteiger partial charge in [-0.25, -0.2) is 0 Å². The Morgan fingerprint density at radius 1 is 0.923 bits per heavy atom. The van der Waals surface area contributed by atoms with Gasteiger partial charge in [-0.1, -0.05) is 47.6 Å². The molecular weight excluding hydrogens is 353 g/mol. The highest BCUT2D eigenvalue weighted by molar-refractivity contribution is 7.54. The van der Waals surface area contributed by atoms with E-state index in [2.05, 4.69) is 5.18 Å². The molecule has 0 spiro atoms. The first-order valence-electron chi connectivity index (χ1n) is 8.58. The van der Waals surface area contributed by atoms with E-state index in [0.29, 0.717) is 12.4 Å². The molecule has 0 saturated carbocycles. The fourth-order valence-electron chi connectivity index (χ4n) is 2.45. The molecule has 0 aliphatic rings. The van der Waals surface area contributed by atoms with Crippen molar-refractivity contribution in [1.29, 1.82) is 0 Å². The maximum absolute atomic E-state index is 12.7. The van der Waals surface area contributed by atoms with Gasteiger partial charge in [-0.05, 0) is 37.1 Å². The summed E-state index contributed by atoms with van der Waals surface area (Å²) in [6, 6.07) is 17.1. The van der Waals surface area contributed by atoms with Gasteiger partial charge >= 0.3 is 7.60 Å². The molecule has 0 aliphatic heterocycles. The minimum Gasteiger partial charge on any atom is -0.489 e. The number of nitrogens with zero attached hydrogens (tertiary/aromatic N) is 1. The first-order chi connectivity index (χ1) is 12.6. The normalized spacial score (nSPS) is 12.5. The smallest absolute Gasteiger partial charge is 0.358 e. The molecule has 0 saturated heterocycles. The zero-order valence-corrected chi connectivity index (χ0v) is 15.9. The SMILES string of the molecule is CCOP(=O)(OCC)C(Cc1ccc(OCc2ccccc2)cc1)N=O. The second kappa shape index (κ2) is 10.2. The average molecular weight is 377 g/mol. The van der Waals surface area contributed by atoms with Crippen LogP contribution in [0.1, 0.15) is 25.0 Å². The van der Waals surface area contributed by atoms with Crippen LogP contribution in [0.15, 0.2) is 59.8 Å². The summed E-state index contributed by atoms with van der Waals surface area (Å²) in [7, 11) is -3.57. The lowest BCUT2D eigenvalue weighted by Gasteiger charge is -2.21. The van der Waals surface area contributed by atoms with Crippen molar-refractivity contribution in [1.82, 2.24) is 0 Å². The van der Waals surface area contributed by atoms with Gasteiger partial charge in [0.2, 0.25) is 0 Å². The number of benzene rings is 2. The summed E-state index contributed by atoms with van der Waals surface area (Å²) in [5.74, 6) is -0.357. The van der Waals surface area contributed by atoms with Crippen molar-refractivity contribution < 1.29 is 18.3 Å². The van der Waals surface area contributed by atoms with Crippen molar-refractivity contribution in [3.05, 3.63) is 70.6 Å². The van der Waals surface area contributed by atoms with Crippen LogP contribution in [0.25, 0.3) is 0 Å². The fraction of sp³-hybridized carbons (Fsp3) is 0.368. The molecule has 6 nitrogen and oxygen atoms in total. The van der Waals surface area contributed by atoms with Crippen LogP contribution in [0.5, 0.6) is 5.75 Å². The van der Waals surface area contributed by atoms with Gasteiger partial charge in [0.1, 0.15) is 12.4 Å². The Balaban J connectivity index is 2.00. The Labute approximate surface area is 154 Å². The Morgan fingerprint density at radius 2 is 1.54 bits per heavy atom. The van der Waals surface area contributed by atoms with Crippen molar-refractivity contribution in [2.24, 2.45) is 5.18 Å². The van der Waals surface area contributed by atoms with Gasteiger partial charge in [-0.2, -0.15) is 0 Å². The van der Waals surface area contributed by atoms with Crippen LogP contribution in [0.4, 0.5) is 0 Å². The van der Waals surface area contributed by atoms with E-state index in [1.165, 1.54) is 0 Å². The van der Waals surface area contributed by atoms with E-state index < -0.39 is 13.4 Å². The molecule has 0 fully saturated rings. The standard InChI is InChI=1S/C19H24NO5P/c1-3-24-26(22,25-4-2)19(20-21)14-16-10-12-18(13-11-16)23-15-17-8-6-5-7-9-17/h5-13,19H,3-4,14-15H2,1-2H3. The Hall–Kier alpha value is -2.01. The van der Waals surface area contributed by atoms with Gasteiger partial charge in [0.05, 0.1) is 13.2 Å². The van der Waals surface area contributed by atoms with E-state index in [4.69, 9.17) is 13.8 Å². The highest BCUT2D eigenvalue weighted by Crippen LogP contribution is 2.54. The Morgan fingerprint density at radius 3 is 2.08 bits per heavy atom. The number of ether oxygens (including phenoxy) is 1. The molecular formula is C19H24NO5P.